The van der Waals surface area contributed by atoms with Crippen LogP contribution in [0.25, 0.3) is 0 Å². The van der Waals surface area contributed by atoms with Crippen LogP contribution in [0.15, 0.2) is 24.3 Å². The van der Waals surface area contributed by atoms with Crippen LogP contribution in [-0.4, -0.2) is 36.7 Å². The lowest BCUT2D eigenvalue weighted by atomic mass is 9.90. The van der Waals surface area contributed by atoms with E-state index in [2.05, 4.69) is 30.9 Å². The molecule has 1 atom stereocenters. The van der Waals surface area contributed by atoms with Gasteiger partial charge in [-0.2, -0.15) is 0 Å². The Bertz CT molecular complexity index is 414. The van der Waals surface area contributed by atoms with Crippen molar-refractivity contribution in [3.05, 3.63) is 29.8 Å². The van der Waals surface area contributed by atoms with Crippen LogP contribution in [0.3, 0.4) is 0 Å². The Morgan fingerprint density at radius 2 is 1.95 bits per heavy atom. The Balaban J connectivity index is 2.11. The molecule has 1 saturated carbocycles. The van der Waals surface area contributed by atoms with Gasteiger partial charge >= 0.3 is 0 Å². The fourth-order valence-electron chi connectivity index (χ4n) is 2.99. The number of nitrogens with zero attached hydrogens (tertiary/aromatic N) is 1. The zero-order valence-corrected chi connectivity index (χ0v) is 13.1. The first-order valence-corrected chi connectivity index (χ1v) is 7.72. The smallest absolute Gasteiger partial charge is 0.118 e. The number of hydrogen-bond donors (Lipinski definition) is 1. The standard InChI is InChI=1S/C17H28N2O/c1-4-11-19(15-7-8-15)17(2,13-18)12-14-5-9-16(20-3)10-6-14/h5-6,9-10,15H,4,7-8,11-13,18H2,1-3H3. The maximum atomic E-state index is 6.14. The molecular weight excluding hydrogens is 248 g/mol. The summed E-state index contributed by atoms with van der Waals surface area (Å²) in [5.74, 6) is 0.913. The molecule has 0 aliphatic heterocycles. The van der Waals surface area contributed by atoms with Crippen LogP contribution >= 0.6 is 0 Å². The average molecular weight is 276 g/mol. The second kappa shape index (κ2) is 6.59. The van der Waals surface area contributed by atoms with E-state index in [1.807, 2.05) is 12.1 Å². The number of hydrogen-bond acceptors (Lipinski definition) is 3. The monoisotopic (exact) mass is 276 g/mol. The van der Waals surface area contributed by atoms with Gasteiger partial charge in [-0.3, -0.25) is 4.90 Å². The van der Waals surface area contributed by atoms with E-state index in [4.69, 9.17) is 10.5 Å². The van der Waals surface area contributed by atoms with Gasteiger partial charge in [-0.1, -0.05) is 19.1 Å². The van der Waals surface area contributed by atoms with E-state index in [1.54, 1.807) is 7.11 Å². The van der Waals surface area contributed by atoms with Crippen molar-refractivity contribution in [2.75, 3.05) is 20.2 Å². The Labute approximate surface area is 123 Å². The average Bonchev–Trinajstić information content (AvgIpc) is 3.30. The number of rotatable bonds is 8. The number of methoxy groups -OCH3 is 1. The highest BCUT2D eigenvalue weighted by atomic mass is 16.5. The predicted octanol–water partition coefficient (Wildman–Crippen LogP) is 2.83. The molecule has 0 aromatic heterocycles. The predicted molar refractivity (Wildman–Crippen MR) is 84.2 cm³/mol. The molecule has 0 bridgehead atoms. The summed E-state index contributed by atoms with van der Waals surface area (Å²) < 4.78 is 5.22. The van der Waals surface area contributed by atoms with Gasteiger partial charge in [0.25, 0.3) is 0 Å². The SMILES string of the molecule is CCCN(C1CC1)C(C)(CN)Cc1ccc(OC)cc1. The number of ether oxygens (including phenoxy) is 1. The first kappa shape index (κ1) is 15.3. The van der Waals surface area contributed by atoms with E-state index in [-0.39, 0.29) is 5.54 Å². The Hall–Kier alpha value is -1.06. The number of benzene rings is 1. The summed E-state index contributed by atoms with van der Waals surface area (Å²) in [5, 5.41) is 0. The Morgan fingerprint density at radius 1 is 1.30 bits per heavy atom. The molecule has 1 aromatic carbocycles. The van der Waals surface area contributed by atoms with E-state index in [0.717, 1.165) is 24.8 Å². The van der Waals surface area contributed by atoms with Crippen molar-refractivity contribution >= 4 is 0 Å². The molecule has 2 N–H and O–H groups in total. The Kier molecular flexibility index (Phi) is 5.06. The molecule has 0 saturated heterocycles. The largest absolute Gasteiger partial charge is 0.497 e. The fraction of sp³-hybridized carbons (Fsp3) is 0.647. The maximum Gasteiger partial charge on any atom is 0.118 e. The van der Waals surface area contributed by atoms with E-state index < -0.39 is 0 Å². The van der Waals surface area contributed by atoms with E-state index in [9.17, 15) is 0 Å². The van der Waals surface area contributed by atoms with E-state index in [0.29, 0.717) is 6.54 Å². The highest BCUT2D eigenvalue weighted by molar-refractivity contribution is 5.28. The molecule has 3 nitrogen and oxygen atoms in total. The maximum absolute atomic E-state index is 6.14. The van der Waals surface area contributed by atoms with Crippen molar-refractivity contribution in [2.24, 2.45) is 5.73 Å². The summed E-state index contributed by atoms with van der Waals surface area (Å²) >= 11 is 0. The van der Waals surface area contributed by atoms with Crippen LogP contribution in [0.4, 0.5) is 0 Å². The molecule has 1 fully saturated rings. The molecule has 0 radical (unpaired) electrons. The molecule has 0 amide bonds. The second-order valence-electron chi connectivity index (χ2n) is 6.15. The topological polar surface area (TPSA) is 38.5 Å². The van der Waals surface area contributed by atoms with E-state index >= 15 is 0 Å². The first-order valence-electron chi connectivity index (χ1n) is 7.72. The lowest BCUT2D eigenvalue weighted by molar-refractivity contribution is 0.100. The van der Waals surface area contributed by atoms with Gasteiger partial charge in [0.1, 0.15) is 5.75 Å². The molecular formula is C17H28N2O. The number of nitrogens with two attached hydrogens (primary N) is 1. The van der Waals surface area contributed by atoms with Gasteiger partial charge in [0.05, 0.1) is 7.11 Å². The van der Waals surface area contributed by atoms with Crippen molar-refractivity contribution in [3.8, 4) is 5.75 Å². The van der Waals surface area contributed by atoms with Crippen LogP contribution in [0, 0.1) is 0 Å². The zero-order valence-electron chi connectivity index (χ0n) is 13.1. The molecule has 0 spiro atoms. The summed E-state index contributed by atoms with van der Waals surface area (Å²) in [4.78, 5) is 2.64. The summed E-state index contributed by atoms with van der Waals surface area (Å²) in [6.07, 6.45) is 4.86. The normalized spacial score (nSPS) is 18.1. The third-order valence-electron chi connectivity index (χ3n) is 4.33. The van der Waals surface area contributed by atoms with Crippen LogP contribution in [-0.2, 0) is 6.42 Å². The minimum Gasteiger partial charge on any atom is -0.497 e. The summed E-state index contributed by atoms with van der Waals surface area (Å²) in [6, 6.07) is 9.14. The molecule has 1 unspecified atom stereocenters. The van der Waals surface area contributed by atoms with Gasteiger partial charge < -0.3 is 10.5 Å². The van der Waals surface area contributed by atoms with Crippen molar-refractivity contribution in [3.63, 3.8) is 0 Å². The molecule has 1 aliphatic rings. The molecule has 1 aromatic rings. The van der Waals surface area contributed by atoms with Gasteiger partial charge in [0, 0.05) is 18.1 Å². The zero-order chi connectivity index (χ0) is 14.6. The lowest BCUT2D eigenvalue weighted by Crippen LogP contribution is -2.54. The van der Waals surface area contributed by atoms with Crippen LogP contribution < -0.4 is 10.5 Å². The van der Waals surface area contributed by atoms with Gasteiger partial charge in [0.15, 0.2) is 0 Å². The molecule has 0 heterocycles. The summed E-state index contributed by atoms with van der Waals surface area (Å²) in [7, 11) is 1.70. The van der Waals surface area contributed by atoms with Crippen LogP contribution in [0.5, 0.6) is 5.75 Å². The van der Waals surface area contributed by atoms with Gasteiger partial charge in [-0.15, -0.1) is 0 Å². The molecule has 112 valence electrons. The summed E-state index contributed by atoms with van der Waals surface area (Å²) in [6.45, 7) is 6.41. The van der Waals surface area contributed by atoms with Gasteiger partial charge in [-0.05, 0) is 56.8 Å². The first-order chi connectivity index (χ1) is 9.62. The quantitative estimate of drug-likeness (QED) is 0.793. The minimum atomic E-state index is 0.0613. The van der Waals surface area contributed by atoms with Crippen molar-refractivity contribution < 1.29 is 4.74 Å². The van der Waals surface area contributed by atoms with Gasteiger partial charge in [-0.25, -0.2) is 0 Å². The molecule has 2 rings (SSSR count). The van der Waals surface area contributed by atoms with Gasteiger partial charge in [0.2, 0.25) is 0 Å². The van der Waals surface area contributed by atoms with Crippen molar-refractivity contribution in [1.82, 2.24) is 4.90 Å². The molecule has 20 heavy (non-hydrogen) atoms. The molecule has 3 heteroatoms. The lowest BCUT2D eigenvalue weighted by Gasteiger charge is -2.41. The molecule has 1 aliphatic carbocycles. The van der Waals surface area contributed by atoms with E-state index in [1.165, 1.54) is 24.8 Å². The third-order valence-corrected chi connectivity index (χ3v) is 4.33. The second-order valence-corrected chi connectivity index (χ2v) is 6.15. The van der Waals surface area contributed by atoms with Crippen molar-refractivity contribution in [1.29, 1.82) is 0 Å². The fourth-order valence-corrected chi connectivity index (χ4v) is 2.99. The third kappa shape index (κ3) is 3.53. The Morgan fingerprint density at radius 3 is 2.40 bits per heavy atom. The van der Waals surface area contributed by atoms with Crippen LogP contribution in [0.2, 0.25) is 0 Å². The van der Waals surface area contributed by atoms with Crippen molar-refractivity contribution in [2.45, 2.75) is 51.1 Å². The highest BCUT2D eigenvalue weighted by Gasteiger charge is 2.39. The highest BCUT2D eigenvalue weighted by Crippen LogP contribution is 2.34. The summed E-state index contributed by atoms with van der Waals surface area (Å²) in [5.41, 5.74) is 7.54. The minimum absolute atomic E-state index is 0.0613. The van der Waals surface area contributed by atoms with Crippen LogP contribution in [0.1, 0.15) is 38.7 Å².